The van der Waals surface area contributed by atoms with Crippen LogP contribution in [0.15, 0.2) is 84.9 Å². The zero-order chi connectivity index (χ0) is 23.6. The zero-order valence-electron chi connectivity index (χ0n) is 18.2. The molecule has 3 N–H and O–H groups in total. The standard InChI is InChI=1S/C26H26N2O5/c1-18(29)33-24(17-20-12-14-22(30)15-13-20)28-26(32)23(16-19-8-4-2-5-9-19)27-25(31)21-10-6-3-7-11-21/h2-15,23-24,30H,16-17H2,1H3,(H,27,31)(H,28,32)/t23-,24+/m0/s1. The van der Waals surface area contributed by atoms with Gasteiger partial charge in [-0.2, -0.15) is 0 Å². The maximum atomic E-state index is 13.2. The van der Waals surface area contributed by atoms with Gasteiger partial charge in [-0.1, -0.05) is 60.7 Å². The van der Waals surface area contributed by atoms with Crippen LogP contribution in [0.25, 0.3) is 0 Å². The first-order valence-electron chi connectivity index (χ1n) is 10.6. The highest BCUT2D eigenvalue weighted by Crippen LogP contribution is 2.13. The van der Waals surface area contributed by atoms with Crippen molar-refractivity contribution in [3.05, 3.63) is 102 Å². The Morgan fingerprint density at radius 3 is 1.97 bits per heavy atom. The van der Waals surface area contributed by atoms with E-state index >= 15 is 0 Å². The van der Waals surface area contributed by atoms with Crippen molar-refractivity contribution in [2.24, 2.45) is 0 Å². The largest absolute Gasteiger partial charge is 0.508 e. The molecule has 0 saturated heterocycles. The van der Waals surface area contributed by atoms with Crippen LogP contribution in [0, 0.1) is 0 Å². The van der Waals surface area contributed by atoms with E-state index in [4.69, 9.17) is 4.74 Å². The molecule has 7 heteroatoms. The van der Waals surface area contributed by atoms with Crippen molar-refractivity contribution >= 4 is 17.8 Å². The van der Waals surface area contributed by atoms with Gasteiger partial charge in [0.2, 0.25) is 5.91 Å². The number of benzene rings is 3. The number of esters is 1. The number of nitrogens with one attached hydrogen (secondary N) is 2. The Kier molecular flexibility index (Phi) is 8.18. The molecule has 170 valence electrons. The SMILES string of the molecule is CC(=O)O[C@H](Cc1ccc(O)cc1)NC(=O)[C@H](Cc1ccccc1)NC(=O)c1ccccc1. The summed E-state index contributed by atoms with van der Waals surface area (Å²) >= 11 is 0. The van der Waals surface area contributed by atoms with Gasteiger partial charge in [0.25, 0.3) is 5.91 Å². The summed E-state index contributed by atoms with van der Waals surface area (Å²) in [6.07, 6.45) is -0.473. The van der Waals surface area contributed by atoms with Crippen LogP contribution in [-0.4, -0.2) is 35.2 Å². The van der Waals surface area contributed by atoms with Crippen LogP contribution >= 0.6 is 0 Å². The number of ether oxygens (including phenoxy) is 1. The molecule has 0 saturated carbocycles. The van der Waals surface area contributed by atoms with Crippen LogP contribution in [0.4, 0.5) is 0 Å². The fourth-order valence-corrected chi connectivity index (χ4v) is 3.32. The van der Waals surface area contributed by atoms with Crippen molar-refractivity contribution in [2.75, 3.05) is 0 Å². The fraction of sp³-hybridized carbons (Fsp3) is 0.192. The topological polar surface area (TPSA) is 105 Å². The number of hydrogen-bond acceptors (Lipinski definition) is 5. The van der Waals surface area contributed by atoms with Gasteiger partial charge in [-0.3, -0.25) is 14.4 Å². The summed E-state index contributed by atoms with van der Waals surface area (Å²) in [6, 6.07) is 23.4. The molecule has 2 atom stereocenters. The second-order valence-corrected chi connectivity index (χ2v) is 7.56. The van der Waals surface area contributed by atoms with Crippen molar-refractivity contribution < 1.29 is 24.2 Å². The molecular formula is C26H26N2O5. The molecular weight excluding hydrogens is 420 g/mol. The smallest absolute Gasteiger partial charge is 0.304 e. The summed E-state index contributed by atoms with van der Waals surface area (Å²) in [4.78, 5) is 37.5. The normalized spacial score (nSPS) is 12.3. The quantitative estimate of drug-likeness (QED) is 0.346. The highest BCUT2D eigenvalue weighted by Gasteiger charge is 2.25. The second kappa shape index (κ2) is 11.5. The van der Waals surface area contributed by atoms with Crippen molar-refractivity contribution in [3.63, 3.8) is 0 Å². The molecule has 0 heterocycles. The number of phenolic OH excluding ortho intramolecular Hbond substituents is 1. The van der Waals surface area contributed by atoms with E-state index in [-0.39, 0.29) is 24.5 Å². The van der Waals surface area contributed by atoms with Gasteiger partial charge in [-0.25, -0.2) is 0 Å². The van der Waals surface area contributed by atoms with E-state index in [1.54, 1.807) is 42.5 Å². The van der Waals surface area contributed by atoms with E-state index in [0.29, 0.717) is 5.56 Å². The minimum atomic E-state index is -0.938. The molecule has 0 aliphatic rings. The predicted octanol–water partition coefficient (Wildman–Crippen LogP) is 2.98. The van der Waals surface area contributed by atoms with Crippen molar-refractivity contribution in [1.82, 2.24) is 10.6 Å². The second-order valence-electron chi connectivity index (χ2n) is 7.56. The fourth-order valence-electron chi connectivity index (χ4n) is 3.32. The summed E-state index contributed by atoms with van der Waals surface area (Å²) in [7, 11) is 0. The molecule has 0 spiro atoms. The minimum Gasteiger partial charge on any atom is -0.508 e. The maximum Gasteiger partial charge on any atom is 0.304 e. The Morgan fingerprint density at radius 2 is 1.36 bits per heavy atom. The Morgan fingerprint density at radius 1 is 0.788 bits per heavy atom. The van der Waals surface area contributed by atoms with Crippen LogP contribution in [0.3, 0.4) is 0 Å². The predicted molar refractivity (Wildman–Crippen MR) is 123 cm³/mol. The summed E-state index contributed by atoms with van der Waals surface area (Å²) in [5.41, 5.74) is 2.06. The Balaban J connectivity index is 1.77. The average Bonchev–Trinajstić information content (AvgIpc) is 2.81. The lowest BCUT2D eigenvalue weighted by atomic mass is 10.0. The molecule has 0 radical (unpaired) electrons. The first-order valence-corrected chi connectivity index (χ1v) is 10.6. The first-order chi connectivity index (χ1) is 15.9. The Bertz CT molecular complexity index is 1070. The van der Waals surface area contributed by atoms with Crippen LogP contribution in [0.1, 0.15) is 28.4 Å². The highest BCUT2D eigenvalue weighted by molar-refractivity contribution is 5.97. The van der Waals surface area contributed by atoms with Gasteiger partial charge in [0, 0.05) is 25.3 Å². The number of carbonyl (C=O) groups excluding carboxylic acids is 3. The van der Waals surface area contributed by atoms with Crippen molar-refractivity contribution in [2.45, 2.75) is 32.0 Å². The summed E-state index contributed by atoms with van der Waals surface area (Å²) in [6.45, 7) is 1.26. The van der Waals surface area contributed by atoms with Gasteiger partial charge in [0.05, 0.1) is 0 Å². The van der Waals surface area contributed by atoms with Gasteiger partial charge in [0.1, 0.15) is 11.8 Å². The molecule has 2 amide bonds. The summed E-state index contributed by atoms with van der Waals surface area (Å²) < 4.78 is 5.30. The third-order valence-corrected chi connectivity index (χ3v) is 4.91. The van der Waals surface area contributed by atoms with Gasteiger partial charge < -0.3 is 20.5 Å². The van der Waals surface area contributed by atoms with E-state index < -0.39 is 24.1 Å². The van der Waals surface area contributed by atoms with Crippen LogP contribution in [0.5, 0.6) is 5.75 Å². The van der Waals surface area contributed by atoms with Crippen molar-refractivity contribution in [1.29, 1.82) is 0 Å². The lowest BCUT2D eigenvalue weighted by Crippen LogP contribution is -2.52. The third kappa shape index (κ3) is 7.50. The number of carbonyl (C=O) groups is 3. The van der Waals surface area contributed by atoms with Crippen molar-refractivity contribution in [3.8, 4) is 5.75 Å². The van der Waals surface area contributed by atoms with Gasteiger partial charge in [-0.15, -0.1) is 0 Å². The Labute approximate surface area is 192 Å². The number of amides is 2. The number of aromatic hydroxyl groups is 1. The molecule has 3 rings (SSSR count). The molecule has 0 aliphatic carbocycles. The van der Waals surface area contributed by atoms with E-state index in [9.17, 15) is 19.5 Å². The Hall–Kier alpha value is -4.13. The molecule has 3 aromatic rings. The number of phenols is 1. The van der Waals surface area contributed by atoms with E-state index in [1.165, 1.54) is 19.1 Å². The molecule has 33 heavy (non-hydrogen) atoms. The lowest BCUT2D eigenvalue weighted by molar-refractivity contribution is -0.149. The molecule has 0 fully saturated rings. The zero-order valence-corrected chi connectivity index (χ0v) is 18.2. The molecule has 0 bridgehead atoms. The van der Waals surface area contributed by atoms with Gasteiger partial charge >= 0.3 is 5.97 Å². The molecule has 0 aromatic heterocycles. The maximum absolute atomic E-state index is 13.2. The monoisotopic (exact) mass is 446 g/mol. The molecule has 7 nitrogen and oxygen atoms in total. The summed E-state index contributed by atoms with van der Waals surface area (Å²) in [5.74, 6) is -1.30. The van der Waals surface area contributed by atoms with E-state index in [0.717, 1.165) is 11.1 Å². The lowest BCUT2D eigenvalue weighted by Gasteiger charge is -2.23. The van der Waals surface area contributed by atoms with Crippen LogP contribution in [-0.2, 0) is 27.2 Å². The molecule has 3 aromatic carbocycles. The molecule has 0 aliphatic heterocycles. The number of rotatable bonds is 9. The van der Waals surface area contributed by atoms with Crippen LogP contribution in [0.2, 0.25) is 0 Å². The van der Waals surface area contributed by atoms with E-state index in [2.05, 4.69) is 10.6 Å². The summed E-state index contributed by atoms with van der Waals surface area (Å²) in [5, 5.41) is 15.0. The van der Waals surface area contributed by atoms with E-state index in [1.807, 2.05) is 30.3 Å². The number of hydrogen-bond donors (Lipinski definition) is 3. The van der Waals surface area contributed by atoms with Gasteiger partial charge in [-0.05, 0) is 35.4 Å². The van der Waals surface area contributed by atoms with Crippen LogP contribution < -0.4 is 10.6 Å². The highest BCUT2D eigenvalue weighted by atomic mass is 16.6. The van der Waals surface area contributed by atoms with Gasteiger partial charge in [0.15, 0.2) is 6.23 Å². The average molecular weight is 447 g/mol. The first kappa shape index (κ1) is 23.5. The third-order valence-electron chi connectivity index (χ3n) is 4.91. The minimum absolute atomic E-state index is 0.110. The molecule has 0 unspecified atom stereocenters.